The maximum Gasteiger partial charge on any atom is 0.272 e. The van der Waals surface area contributed by atoms with Gasteiger partial charge in [0.15, 0.2) is 0 Å². The molecule has 0 atom stereocenters. The van der Waals surface area contributed by atoms with Crippen LogP contribution < -0.4 is 9.91 Å². The molecule has 1 N–H and O–H groups in total. The average Bonchev–Trinajstić information content (AvgIpc) is 2.56. The third-order valence-electron chi connectivity index (χ3n) is 4.30. The van der Waals surface area contributed by atoms with E-state index in [2.05, 4.69) is 4.90 Å². The number of phenolic OH excluding ortho intramolecular Hbond substituents is 1. The Morgan fingerprint density at radius 2 is 1.68 bits per heavy atom. The van der Waals surface area contributed by atoms with E-state index in [1.54, 1.807) is 23.2 Å². The molecule has 4 bridgehead atoms. The third kappa shape index (κ3) is 2.02. The zero-order valence-corrected chi connectivity index (χ0v) is 12.1. The minimum atomic E-state index is -0.108. The highest BCUT2D eigenvalue weighted by atomic mass is 16.3. The van der Waals surface area contributed by atoms with Crippen LogP contribution in [-0.2, 0) is 0 Å². The lowest BCUT2D eigenvalue weighted by Crippen LogP contribution is -2.57. The van der Waals surface area contributed by atoms with Gasteiger partial charge in [-0.25, -0.2) is 10.0 Å². The fourth-order valence-corrected chi connectivity index (χ4v) is 3.13. The lowest BCUT2D eigenvalue weighted by atomic mass is 10.1. The van der Waals surface area contributed by atoms with Crippen molar-refractivity contribution < 1.29 is 9.90 Å². The summed E-state index contributed by atoms with van der Waals surface area (Å²) in [5, 5.41) is 13.9. The highest BCUT2D eigenvalue weighted by Crippen LogP contribution is 2.36. The molecule has 0 radical (unpaired) electrons. The Bertz CT molecular complexity index is 709. The Morgan fingerprint density at radius 3 is 2.41 bits per heavy atom. The van der Waals surface area contributed by atoms with E-state index in [9.17, 15) is 9.90 Å². The van der Waals surface area contributed by atoms with Crippen LogP contribution in [0.25, 0.3) is 0 Å². The molecule has 1 fully saturated rings. The number of phenols is 1. The molecule has 0 spiro atoms. The second kappa shape index (κ2) is 5.03. The Kier molecular flexibility index (Phi) is 3.01. The van der Waals surface area contributed by atoms with Crippen molar-refractivity contribution in [2.45, 2.75) is 0 Å². The number of nitrogens with zero attached hydrogens (tertiary/aromatic N) is 3. The molecule has 2 aromatic carbocycles. The van der Waals surface area contributed by atoms with Gasteiger partial charge in [-0.3, -0.25) is 4.79 Å². The van der Waals surface area contributed by atoms with Crippen molar-refractivity contribution in [1.29, 1.82) is 0 Å². The van der Waals surface area contributed by atoms with Gasteiger partial charge >= 0.3 is 0 Å². The van der Waals surface area contributed by atoms with Gasteiger partial charge in [0, 0.05) is 37.4 Å². The Morgan fingerprint density at radius 1 is 0.955 bits per heavy atom. The van der Waals surface area contributed by atoms with Crippen molar-refractivity contribution in [2.75, 3.05) is 36.1 Å². The molecular weight excluding hydrogens is 278 g/mol. The van der Waals surface area contributed by atoms with Crippen LogP contribution in [0.1, 0.15) is 10.4 Å². The van der Waals surface area contributed by atoms with Gasteiger partial charge in [0.2, 0.25) is 0 Å². The van der Waals surface area contributed by atoms with E-state index in [4.69, 9.17) is 0 Å². The van der Waals surface area contributed by atoms with Gasteiger partial charge in [-0.2, -0.15) is 0 Å². The minimum absolute atomic E-state index is 0.108. The molecule has 3 aliphatic rings. The number of hydrogen-bond acceptors (Lipinski definition) is 4. The summed E-state index contributed by atoms with van der Waals surface area (Å²) in [5.74, 6) is 0.0187. The Balaban J connectivity index is 1.84. The molecule has 0 unspecified atom stereocenters. The lowest BCUT2D eigenvalue weighted by molar-refractivity contribution is 0.0883. The molecule has 0 saturated carbocycles. The number of amides is 1. The summed E-state index contributed by atoms with van der Waals surface area (Å²) in [6, 6.07) is 14.7. The van der Waals surface area contributed by atoms with E-state index < -0.39 is 0 Å². The topological polar surface area (TPSA) is 47.0 Å². The second-order valence-electron chi connectivity index (χ2n) is 5.60. The minimum Gasteiger partial charge on any atom is -0.506 e. The molecule has 0 aromatic heterocycles. The summed E-state index contributed by atoms with van der Waals surface area (Å²) in [5.41, 5.74) is 2.23. The number of benzene rings is 2. The first-order valence-electron chi connectivity index (χ1n) is 7.46. The zero-order chi connectivity index (χ0) is 15.1. The first-order chi connectivity index (χ1) is 10.7. The van der Waals surface area contributed by atoms with E-state index >= 15 is 0 Å². The summed E-state index contributed by atoms with van der Waals surface area (Å²) in [6.45, 7) is 3.28. The predicted molar refractivity (Wildman–Crippen MR) is 85.1 cm³/mol. The first-order valence-corrected chi connectivity index (χ1v) is 7.46. The predicted octanol–water partition coefficient (Wildman–Crippen LogP) is 2.09. The molecule has 3 heterocycles. The highest BCUT2D eigenvalue weighted by molar-refractivity contribution is 6.06. The second-order valence-corrected chi connectivity index (χ2v) is 5.60. The van der Waals surface area contributed by atoms with E-state index in [1.165, 1.54) is 0 Å². The van der Waals surface area contributed by atoms with Crippen LogP contribution in [0.15, 0.2) is 48.5 Å². The number of rotatable bonds is 1. The quantitative estimate of drug-likeness (QED) is 0.875. The van der Waals surface area contributed by atoms with Gasteiger partial charge < -0.3 is 10.0 Å². The summed E-state index contributed by atoms with van der Waals surface area (Å²) >= 11 is 0. The van der Waals surface area contributed by atoms with Crippen LogP contribution in [-0.4, -0.2) is 42.2 Å². The van der Waals surface area contributed by atoms with Crippen molar-refractivity contribution in [3.63, 3.8) is 0 Å². The summed E-state index contributed by atoms with van der Waals surface area (Å²) in [7, 11) is 0. The standard InChI is InChI=1S/C17H17N3O2/c21-16-7-6-14-12-15(16)20(19-10-8-18(14)9-11-19)17(22)13-4-2-1-3-5-13/h1-7,12,21H,8-11H2. The number of carbonyl (C=O) groups is 1. The number of carbonyl (C=O) groups excluding carboxylic acids is 1. The molecule has 22 heavy (non-hydrogen) atoms. The largest absolute Gasteiger partial charge is 0.506 e. The molecule has 112 valence electrons. The van der Waals surface area contributed by atoms with Crippen LogP contribution in [0.3, 0.4) is 0 Å². The number of hydrazine groups is 1. The summed E-state index contributed by atoms with van der Waals surface area (Å²) < 4.78 is 0. The van der Waals surface area contributed by atoms with Crippen LogP contribution in [0.2, 0.25) is 0 Å². The van der Waals surface area contributed by atoms with Gasteiger partial charge in [-0.15, -0.1) is 0 Å². The number of aromatic hydroxyl groups is 1. The van der Waals surface area contributed by atoms with Crippen LogP contribution in [0.4, 0.5) is 11.4 Å². The molecule has 1 saturated heterocycles. The van der Waals surface area contributed by atoms with Gasteiger partial charge in [0.05, 0.1) is 0 Å². The van der Waals surface area contributed by atoms with Crippen molar-refractivity contribution in [1.82, 2.24) is 5.01 Å². The van der Waals surface area contributed by atoms with Crippen LogP contribution in [0, 0.1) is 0 Å². The fourth-order valence-electron chi connectivity index (χ4n) is 3.13. The number of hydrogen-bond donors (Lipinski definition) is 1. The first kappa shape index (κ1) is 13.2. The van der Waals surface area contributed by atoms with E-state index in [0.717, 1.165) is 31.9 Å². The number of anilines is 2. The van der Waals surface area contributed by atoms with Crippen molar-refractivity contribution in [3.8, 4) is 5.75 Å². The van der Waals surface area contributed by atoms with Gasteiger partial charge in [-0.1, -0.05) is 18.2 Å². The van der Waals surface area contributed by atoms with Crippen molar-refractivity contribution in [3.05, 3.63) is 54.1 Å². The normalized spacial score (nSPS) is 17.3. The zero-order valence-electron chi connectivity index (χ0n) is 12.1. The molecule has 5 heteroatoms. The molecule has 0 aliphatic carbocycles. The van der Waals surface area contributed by atoms with Crippen LogP contribution >= 0.6 is 0 Å². The summed E-state index contributed by atoms with van der Waals surface area (Å²) in [6.07, 6.45) is 0. The highest BCUT2D eigenvalue weighted by Gasteiger charge is 2.32. The maximum absolute atomic E-state index is 13.0. The Hall–Kier alpha value is -2.53. The third-order valence-corrected chi connectivity index (χ3v) is 4.30. The fraction of sp³-hybridized carbons (Fsp3) is 0.235. The average molecular weight is 295 g/mol. The molecule has 5 nitrogen and oxygen atoms in total. The molecule has 5 rings (SSSR count). The van der Waals surface area contributed by atoms with Gasteiger partial charge in [0.1, 0.15) is 11.4 Å². The molecular formula is C17H17N3O2. The van der Waals surface area contributed by atoms with Crippen LogP contribution in [0.5, 0.6) is 5.75 Å². The monoisotopic (exact) mass is 295 g/mol. The van der Waals surface area contributed by atoms with Crippen molar-refractivity contribution in [2.24, 2.45) is 0 Å². The smallest absolute Gasteiger partial charge is 0.272 e. The lowest BCUT2D eigenvalue weighted by Gasteiger charge is -2.44. The maximum atomic E-state index is 13.0. The Labute approximate surface area is 129 Å². The molecule has 1 amide bonds. The van der Waals surface area contributed by atoms with E-state index in [-0.39, 0.29) is 11.7 Å². The molecule has 2 aromatic rings. The van der Waals surface area contributed by atoms with Crippen molar-refractivity contribution >= 4 is 17.3 Å². The van der Waals surface area contributed by atoms with Gasteiger partial charge in [0.25, 0.3) is 5.91 Å². The SMILES string of the molecule is O=C(c1ccccc1)N1c2cc(ccc2O)N2CCN1CC2. The van der Waals surface area contributed by atoms with Gasteiger partial charge in [-0.05, 0) is 30.3 Å². The number of piperazine rings is 1. The summed E-state index contributed by atoms with van der Waals surface area (Å²) in [4.78, 5) is 15.3. The number of fused-ring (bicyclic) bond motifs is 2. The molecule has 3 aliphatic heterocycles. The van der Waals surface area contributed by atoms with E-state index in [1.807, 2.05) is 35.3 Å². The van der Waals surface area contributed by atoms with E-state index in [0.29, 0.717) is 11.3 Å².